The summed E-state index contributed by atoms with van der Waals surface area (Å²) in [6, 6.07) is 15.9. The molecule has 0 amide bonds. The van der Waals surface area contributed by atoms with Crippen molar-refractivity contribution >= 4 is 23.5 Å². The summed E-state index contributed by atoms with van der Waals surface area (Å²) in [6.45, 7) is 3.94. The number of rotatable bonds is 7. The van der Waals surface area contributed by atoms with Gasteiger partial charge in [0, 0.05) is 16.9 Å². The standard InChI is InChI=1S/C20H24BrFNO3P/c1-3-25-27(24,26-4-2)20(22)18(16-11-8-12-17(21)13-16)14-23-19(20)15-9-6-5-7-10-15/h5-13,18-19,23H,3-4,14H2,1-2H3/t18-,19+,20-/m1/s1. The van der Waals surface area contributed by atoms with Crippen LogP contribution in [0.15, 0.2) is 59.1 Å². The lowest BCUT2D eigenvalue weighted by molar-refractivity contribution is 0.121. The van der Waals surface area contributed by atoms with Crippen molar-refractivity contribution in [3.05, 3.63) is 70.2 Å². The Kier molecular flexibility index (Phi) is 6.54. The Hall–Kier alpha value is -1.04. The predicted octanol–water partition coefficient (Wildman–Crippen LogP) is 5.81. The molecule has 0 aliphatic carbocycles. The fourth-order valence-electron chi connectivity index (χ4n) is 3.72. The summed E-state index contributed by atoms with van der Waals surface area (Å²) in [5.74, 6) is -0.677. The number of benzene rings is 2. The van der Waals surface area contributed by atoms with Crippen LogP contribution in [-0.4, -0.2) is 25.2 Å². The van der Waals surface area contributed by atoms with Crippen LogP contribution < -0.4 is 5.32 Å². The minimum absolute atomic E-state index is 0.107. The van der Waals surface area contributed by atoms with E-state index < -0.39 is 25.0 Å². The zero-order valence-corrected chi connectivity index (χ0v) is 17.9. The van der Waals surface area contributed by atoms with Crippen LogP contribution in [0.2, 0.25) is 0 Å². The molecule has 0 radical (unpaired) electrons. The molecule has 146 valence electrons. The molecule has 2 aromatic rings. The molecular weight excluding hydrogens is 432 g/mol. The van der Waals surface area contributed by atoms with Crippen molar-refractivity contribution in [3.8, 4) is 0 Å². The second-order valence-electron chi connectivity index (χ2n) is 6.42. The van der Waals surface area contributed by atoms with Crippen LogP contribution >= 0.6 is 23.5 Å². The molecule has 1 heterocycles. The van der Waals surface area contributed by atoms with Crippen molar-refractivity contribution in [1.82, 2.24) is 5.32 Å². The highest BCUT2D eigenvalue weighted by atomic mass is 79.9. The van der Waals surface area contributed by atoms with E-state index in [4.69, 9.17) is 9.05 Å². The molecule has 3 rings (SSSR count). The SMILES string of the molecule is CCOP(=O)(OCC)[C@]1(F)[C@@H](c2cccc(Br)c2)CN[C@H]1c1ccccc1. The summed E-state index contributed by atoms with van der Waals surface area (Å²) in [5, 5.41) is 0.997. The zero-order valence-electron chi connectivity index (χ0n) is 15.4. The molecule has 1 aliphatic heterocycles. The van der Waals surface area contributed by atoms with Gasteiger partial charge < -0.3 is 14.4 Å². The van der Waals surface area contributed by atoms with Gasteiger partial charge in [0.25, 0.3) is 0 Å². The molecule has 2 aromatic carbocycles. The molecule has 3 atom stereocenters. The quantitative estimate of drug-likeness (QED) is 0.535. The Morgan fingerprint density at radius 3 is 2.33 bits per heavy atom. The van der Waals surface area contributed by atoms with Gasteiger partial charge in [-0.25, -0.2) is 4.39 Å². The van der Waals surface area contributed by atoms with Crippen LogP contribution in [0.3, 0.4) is 0 Å². The van der Waals surface area contributed by atoms with Crippen molar-refractivity contribution in [3.63, 3.8) is 0 Å². The fraction of sp³-hybridized carbons (Fsp3) is 0.400. The Bertz CT molecular complexity index is 812. The molecule has 0 saturated carbocycles. The first kappa shape index (κ1) is 20.7. The largest absolute Gasteiger partial charge is 0.370 e. The van der Waals surface area contributed by atoms with E-state index in [-0.39, 0.29) is 13.2 Å². The zero-order chi connectivity index (χ0) is 19.5. The third-order valence-corrected chi connectivity index (χ3v) is 7.92. The van der Waals surface area contributed by atoms with Gasteiger partial charge in [-0.3, -0.25) is 4.57 Å². The highest BCUT2D eigenvalue weighted by Gasteiger charge is 2.65. The third-order valence-electron chi connectivity index (χ3n) is 4.82. The molecule has 0 bridgehead atoms. The Balaban J connectivity index is 2.15. The van der Waals surface area contributed by atoms with Gasteiger partial charge in [-0.1, -0.05) is 58.4 Å². The molecule has 27 heavy (non-hydrogen) atoms. The molecule has 1 fully saturated rings. The lowest BCUT2D eigenvalue weighted by Crippen LogP contribution is -2.36. The van der Waals surface area contributed by atoms with Gasteiger partial charge in [0.05, 0.1) is 19.3 Å². The van der Waals surface area contributed by atoms with Crippen LogP contribution in [0.5, 0.6) is 0 Å². The maximum Gasteiger partial charge on any atom is 0.370 e. The first-order valence-corrected chi connectivity index (χ1v) is 11.4. The first-order chi connectivity index (χ1) is 13.0. The Labute approximate surface area is 168 Å². The molecule has 0 aromatic heterocycles. The highest BCUT2D eigenvalue weighted by Crippen LogP contribution is 2.71. The monoisotopic (exact) mass is 455 g/mol. The molecule has 0 unspecified atom stereocenters. The number of alkyl halides is 1. The van der Waals surface area contributed by atoms with E-state index in [1.54, 1.807) is 13.8 Å². The van der Waals surface area contributed by atoms with Gasteiger partial charge in [0.15, 0.2) is 0 Å². The van der Waals surface area contributed by atoms with Gasteiger partial charge in [0.1, 0.15) is 0 Å². The maximum absolute atomic E-state index is 17.0. The van der Waals surface area contributed by atoms with Crippen molar-refractivity contribution < 1.29 is 18.0 Å². The van der Waals surface area contributed by atoms with Gasteiger partial charge in [-0.2, -0.15) is 0 Å². The molecule has 4 nitrogen and oxygen atoms in total. The minimum Gasteiger partial charge on any atom is -0.307 e. The number of hydrogen-bond acceptors (Lipinski definition) is 4. The van der Waals surface area contributed by atoms with Crippen molar-refractivity contribution in [1.29, 1.82) is 0 Å². The normalized spacial score (nSPS) is 25.6. The summed E-state index contributed by atoms with van der Waals surface area (Å²) in [6.07, 6.45) is 0. The highest BCUT2D eigenvalue weighted by molar-refractivity contribution is 9.10. The minimum atomic E-state index is -4.08. The topological polar surface area (TPSA) is 47.6 Å². The van der Waals surface area contributed by atoms with E-state index in [0.717, 1.165) is 15.6 Å². The summed E-state index contributed by atoms with van der Waals surface area (Å²) < 4.78 is 42.5. The lowest BCUT2D eigenvalue weighted by atomic mass is 9.91. The summed E-state index contributed by atoms with van der Waals surface area (Å²) in [4.78, 5) is 0. The molecule has 7 heteroatoms. The lowest BCUT2D eigenvalue weighted by Gasteiger charge is -2.37. The van der Waals surface area contributed by atoms with E-state index in [9.17, 15) is 4.57 Å². The van der Waals surface area contributed by atoms with Crippen molar-refractivity contribution in [2.75, 3.05) is 19.8 Å². The molecule has 1 N–H and O–H groups in total. The van der Waals surface area contributed by atoms with Crippen LogP contribution in [-0.2, 0) is 13.6 Å². The summed E-state index contributed by atoms with van der Waals surface area (Å²) in [7, 11) is -4.08. The summed E-state index contributed by atoms with van der Waals surface area (Å²) in [5.41, 5.74) is 1.47. The van der Waals surface area contributed by atoms with Gasteiger partial charge in [-0.15, -0.1) is 0 Å². The second kappa shape index (κ2) is 8.54. The first-order valence-electron chi connectivity index (χ1n) is 9.08. The fourth-order valence-corrected chi connectivity index (χ4v) is 6.46. The predicted molar refractivity (Wildman–Crippen MR) is 109 cm³/mol. The summed E-state index contributed by atoms with van der Waals surface area (Å²) >= 11 is 3.44. The number of halogens is 2. The number of hydrogen-bond donors (Lipinski definition) is 1. The third kappa shape index (κ3) is 3.79. The Morgan fingerprint density at radius 1 is 1.11 bits per heavy atom. The average Bonchev–Trinajstić information content (AvgIpc) is 3.02. The van der Waals surface area contributed by atoms with Gasteiger partial charge in [-0.05, 0) is 37.1 Å². The molecule has 1 saturated heterocycles. The van der Waals surface area contributed by atoms with Crippen molar-refractivity contribution in [2.24, 2.45) is 0 Å². The van der Waals surface area contributed by atoms with Gasteiger partial charge >= 0.3 is 7.60 Å². The molecule has 1 aliphatic rings. The smallest absolute Gasteiger partial charge is 0.307 e. The molecule has 0 spiro atoms. The average molecular weight is 456 g/mol. The maximum atomic E-state index is 17.0. The van der Waals surface area contributed by atoms with Crippen molar-refractivity contribution in [2.45, 2.75) is 31.2 Å². The van der Waals surface area contributed by atoms with E-state index >= 15 is 4.39 Å². The Morgan fingerprint density at radius 2 is 1.74 bits per heavy atom. The van der Waals surface area contributed by atoms with Crippen LogP contribution in [0.4, 0.5) is 4.39 Å². The van der Waals surface area contributed by atoms with Crippen LogP contribution in [0, 0.1) is 0 Å². The van der Waals surface area contributed by atoms with Crippen LogP contribution in [0.25, 0.3) is 0 Å². The van der Waals surface area contributed by atoms with E-state index in [0.29, 0.717) is 6.54 Å². The second-order valence-corrected chi connectivity index (χ2v) is 9.53. The molecular formula is C20H24BrFNO3P. The van der Waals surface area contributed by atoms with Crippen LogP contribution in [0.1, 0.15) is 36.9 Å². The van der Waals surface area contributed by atoms with E-state index in [1.165, 1.54) is 0 Å². The van der Waals surface area contributed by atoms with E-state index in [1.807, 2.05) is 54.6 Å². The van der Waals surface area contributed by atoms with E-state index in [2.05, 4.69) is 21.2 Å². The number of nitrogens with one attached hydrogen (secondary N) is 1. The van der Waals surface area contributed by atoms with Gasteiger partial charge in [0.2, 0.25) is 5.41 Å².